The van der Waals surface area contributed by atoms with E-state index in [1.807, 2.05) is 6.07 Å². The molecule has 4 heteroatoms. The van der Waals surface area contributed by atoms with Gasteiger partial charge in [-0.2, -0.15) is 0 Å². The van der Waals surface area contributed by atoms with Gasteiger partial charge in [0.2, 0.25) is 6.79 Å². The van der Waals surface area contributed by atoms with E-state index in [1.165, 1.54) is 38.5 Å². The summed E-state index contributed by atoms with van der Waals surface area (Å²) >= 11 is 0. The Kier molecular flexibility index (Phi) is 3.42. The zero-order chi connectivity index (χ0) is 14.2. The Morgan fingerprint density at radius 2 is 1.81 bits per heavy atom. The molecule has 2 atom stereocenters. The number of ether oxygens (including phenoxy) is 2. The molecular formula is C17H23NO3. The molecule has 1 aromatic carbocycles. The first-order valence-electron chi connectivity index (χ1n) is 8.17. The lowest BCUT2D eigenvalue weighted by molar-refractivity contribution is 0.0541. The highest BCUT2D eigenvalue weighted by molar-refractivity contribution is 5.51. The van der Waals surface area contributed by atoms with E-state index in [0.29, 0.717) is 17.5 Å². The fourth-order valence-corrected chi connectivity index (χ4v) is 4.24. The van der Waals surface area contributed by atoms with Crippen LogP contribution in [0.15, 0.2) is 12.1 Å². The van der Waals surface area contributed by atoms with E-state index in [4.69, 9.17) is 9.47 Å². The van der Waals surface area contributed by atoms with Gasteiger partial charge in [0.25, 0.3) is 0 Å². The highest BCUT2D eigenvalue weighted by Crippen LogP contribution is 2.40. The van der Waals surface area contributed by atoms with Crippen LogP contribution in [0.2, 0.25) is 0 Å². The van der Waals surface area contributed by atoms with Gasteiger partial charge in [0.05, 0.1) is 0 Å². The van der Waals surface area contributed by atoms with Crippen LogP contribution in [0.25, 0.3) is 0 Å². The Bertz CT molecular complexity index is 529. The Labute approximate surface area is 125 Å². The molecule has 2 aliphatic heterocycles. The largest absolute Gasteiger partial charge is 0.507 e. The summed E-state index contributed by atoms with van der Waals surface area (Å²) in [5, 5.41) is 10.2. The van der Waals surface area contributed by atoms with E-state index in [9.17, 15) is 5.11 Å². The summed E-state index contributed by atoms with van der Waals surface area (Å²) < 4.78 is 10.8. The first-order chi connectivity index (χ1) is 10.3. The first kappa shape index (κ1) is 13.3. The van der Waals surface area contributed by atoms with Gasteiger partial charge in [0.15, 0.2) is 11.5 Å². The molecule has 4 nitrogen and oxygen atoms in total. The van der Waals surface area contributed by atoms with Crippen LogP contribution in [-0.4, -0.2) is 29.4 Å². The monoisotopic (exact) mass is 289 g/mol. The van der Waals surface area contributed by atoms with Crippen LogP contribution in [0.1, 0.15) is 44.1 Å². The number of rotatable bonds is 2. The van der Waals surface area contributed by atoms with Gasteiger partial charge in [-0.05, 0) is 44.2 Å². The fourth-order valence-electron chi connectivity index (χ4n) is 4.24. The van der Waals surface area contributed by atoms with Crippen molar-refractivity contribution in [3.63, 3.8) is 0 Å². The Morgan fingerprint density at radius 1 is 1.05 bits per heavy atom. The second kappa shape index (κ2) is 5.41. The van der Waals surface area contributed by atoms with Crippen LogP contribution in [0.5, 0.6) is 17.2 Å². The quantitative estimate of drug-likeness (QED) is 0.907. The SMILES string of the molecule is Oc1cc2c(cc1CN1CCC[C@H]3CCCC[C@H]31)OCO2. The van der Waals surface area contributed by atoms with Gasteiger partial charge < -0.3 is 14.6 Å². The summed E-state index contributed by atoms with van der Waals surface area (Å²) in [6, 6.07) is 4.35. The molecule has 3 aliphatic rings. The normalized spacial score (nSPS) is 28.4. The molecule has 114 valence electrons. The third kappa shape index (κ3) is 2.46. The highest BCUT2D eigenvalue weighted by atomic mass is 16.7. The maximum atomic E-state index is 10.2. The van der Waals surface area contributed by atoms with Gasteiger partial charge in [0.1, 0.15) is 5.75 Å². The number of nitrogens with zero attached hydrogens (tertiary/aromatic N) is 1. The van der Waals surface area contributed by atoms with Crippen molar-refractivity contribution >= 4 is 0 Å². The number of phenolic OH excluding ortho intramolecular Hbond substituents is 1. The third-order valence-corrected chi connectivity index (χ3v) is 5.31. The van der Waals surface area contributed by atoms with Gasteiger partial charge in [-0.3, -0.25) is 4.90 Å². The summed E-state index contributed by atoms with van der Waals surface area (Å²) in [6.45, 7) is 2.23. The number of phenols is 1. The number of likely N-dealkylation sites (tertiary alicyclic amines) is 1. The summed E-state index contributed by atoms with van der Waals surface area (Å²) in [6.07, 6.45) is 8.11. The fraction of sp³-hybridized carbons (Fsp3) is 0.647. The van der Waals surface area contributed by atoms with Crippen LogP contribution < -0.4 is 9.47 Å². The molecule has 1 saturated heterocycles. The van der Waals surface area contributed by atoms with E-state index in [2.05, 4.69) is 4.90 Å². The minimum Gasteiger partial charge on any atom is -0.507 e. The molecule has 0 radical (unpaired) electrons. The lowest BCUT2D eigenvalue weighted by atomic mass is 9.78. The molecule has 1 N–H and O–H groups in total. The zero-order valence-electron chi connectivity index (χ0n) is 12.4. The van der Waals surface area contributed by atoms with E-state index >= 15 is 0 Å². The topological polar surface area (TPSA) is 41.9 Å². The van der Waals surface area contributed by atoms with E-state index in [-0.39, 0.29) is 6.79 Å². The standard InChI is InChI=1S/C17H23NO3/c19-15-9-17-16(20-11-21-17)8-13(15)10-18-7-3-5-12-4-1-2-6-14(12)18/h8-9,12,14,19H,1-7,10-11H2/t12-,14-/m1/s1. The van der Waals surface area contributed by atoms with Crippen molar-refractivity contribution in [2.45, 2.75) is 51.1 Å². The van der Waals surface area contributed by atoms with Crippen molar-refractivity contribution in [3.8, 4) is 17.2 Å². The Balaban J connectivity index is 1.55. The summed E-state index contributed by atoms with van der Waals surface area (Å²) in [7, 11) is 0. The number of aromatic hydroxyl groups is 1. The molecule has 0 aromatic heterocycles. The predicted molar refractivity (Wildman–Crippen MR) is 79.6 cm³/mol. The average Bonchev–Trinajstić information content (AvgIpc) is 2.95. The lowest BCUT2D eigenvalue weighted by Gasteiger charge is -2.44. The second-order valence-corrected chi connectivity index (χ2v) is 6.56. The number of benzene rings is 1. The smallest absolute Gasteiger partial charge is 0.231 e. The number of hydrogen-bond acceptors (Lipinski definition) is 4. The molecule has 0 spiro atoms. The van der Waals surface area contributed by atoms with Crippen molar-refractivity contribution < 1.29 is 14.6 Å². The van der Waals surface area contributed by atoms with Gasteiger partial charge in [-0.15, -0.1) is 0 Å². The maximum Gasteiger partial charge on any atom is 0.231 e. The van der Waals surface area contributed by atoms with Crippen molar-refractivity contribution in [2.75, 3.05) is 13.3 Å². The number of piperidine rings is 1. The van der Waals surface area contributed by atoms with Crippen molar-refractivity contribution in [3.05, 3.63) is 17.7 Å². The zero-order valence-corrected chi connectivity index (χ0v) is 12.4. The molecule has 1 aliphatic carbocycles. The van der Waals surface area contributed by atoms with Crippen molar-refractivity contribution in [1.29, 1.82) is 0 Å². The Hall–Kier alpha value is -1.42. The van der Waals surface area contributed by atoms with Crippen LogP contribution in [0, 0.1) is 5.92 Å². The van der Waals surface area contributed by atoms with E-state index in [0.717, 1.165) is 30.3 Å². The summed E-state index contributed by atoms with van der Waals surface area (Å²) in [5.41, 5.74) is 0.963. The van der Waals surface area contributed by atoms with Gasteiger partial charge >= 0.3 is 0 Å². The minimum absolute atomic E-state index is 0.257. The summed E-state index contributed by atoms with van der Waals surface area (Å²) in [4.78, 5) is 2.57. The van der Waals surface area contributed by atoms with Crippen LogP contribution >= 0.6 is 0 Å². The van der Waals surface area contributed by atoms with Crippen LogP contribution in [-0.2, 0) is 6.54 Å². The lowest BCUT2D eigenvalue weighted by Crippen LogP contribution is -2.46. The van der Waals surface area contributed by atoms with Gasteiger partial charge in [-0.1, -0.05) is 12.8 Å². The highest BCUT2D eigenvalue weighted by Gasteiger charge is 2.33. The Morgan fingerprint density at radius 3 is 2.71 bits per heavy atom. The van der Waals surface area contributed by atoms with Gasteiger partial charge in [-0.25, -0.2) is 0 Å². The van der Waals surface area contributed by atoms with Crippen molar-refractivity contribution in [2.24, 2.45) is 5.92 Å². The molecule has 0 unspecified atom stereocenters. The number of hydrogen-bond donors (Lipinski definition) is 1. The van der Waals surface area contributed by atoms with E-state index in [1.54, 1.807) is 6.07 Å². The molecule has 4 rings (SSSR count). The average molecular weight is 289 g/mol. The van der Waals surface area contributed by atoms with Crippen LogP contribution in [0.4, 0.5) is 0 Å². The predicted octanol–water partition coefficient (Wildman–Crippen LogP) is 3.28. The second-order valence-electron chi connectivity index (χ2n) is 6.56. The molecule has 0 bridgehead atoms. The molecule has 2 fully saturated rings. The molecule has 1 saturated carbocycles. The molecule has 2 heterocycles. The molecular weight excluding hydrogens is 266 g/mol. The van der Waals surface area contributed by atoms with Crippen molar-refractivity contribution in [1.82, 2.24) is 4.90 Å². The number of fused-ring (bicyclic) bond motifs is 2. The van der Waals surface area contributed by atoms with Crippen LogP contribution in [0.3, 0.4) is 0 Å². The third-order valence-electron chi connectivity index (χ3n) is 5.31. The maximum absolute atomic E-state index is 10.2. The van der Waals surface area contributed by atoms with E-state index < -0.39 is 0 Å². The van der Waals surface area contributed by atoms with Gasteiger partial charge in [0, 0.05) is 24.2 Å². The molecule has 1 aromatic rings. The molecule has 0 amide bonds. The minimum atomic E-state index is 0.257. The summed E-state index contributed by atoms with van der Waals surface area (Å²) in [5.74, 6) is 2.62. The first-order valence-corrected chi connectivity index (χ1v) is 8.17. The molecule has 21 heavy (non-hydrogen) atoms.